The normalized spacial score (nSPS) is 20.4. The highest BCUT2D eigenvalue weighted by Crippen LogP contribution is 2.33. The fraction of sp³-hybridized carbons (Fsp3) is 0.250. The second-order valence-electron chi connectivity index (χ2n) is 3.75. The van der Waals surface area contributed by atoms with Crippen LogP contribution in [0.4, 0.5) is 0 Å². The molecule has 2 rings (SSSR count). The van der Waals surface area contributed by atoms with E-state index in [1.54, 1.807) is 12.1 Å². The third-order valence-electron chi connectivity index (χ3n) is 2.44. The van der Waals surface area contributed by atoms with Gasteiger partial charge in [0.1, 0.15) is 6.10 Å². The van der Waals surface area contributed by atoms with Crippen molar-refractivity contribution in [1.82, 2.24) is 0 Å². The standard InChI is InChI=1S/C12H9BrCl2O2/c13-10(5-9-6-11(16)17-9)12(15)7-1-3-8(14)4-2-7/h1-4,9H,5-6H2/b12-10-/t9-/m0/s1. The maximum atomic E-state index is 10.7. The molecular formula is C12H9BrCl2O2. The molecule has 90 valence electrons. The fourth-order valence-corrected chi connectivity index (χ4v) is 2.44. The zero-order chi connectivity index (χ0) is 12.4. The molecule has 0 radical (unpaired) electrons. The maximum absolute atomic E-state index is 10.7. The molecule has 1 atom stereocenters. The van der Waals surface area contributed by atoms with E-state index in [1.165, 1.54) is 0 Å². The van der Waals surface area contributed by atoms with Crippen LogP contribution in [0, 0.1) is 0 Å². The molecule has 1 fully saturated rings. The summed E-state index contributed by atoms with van der Waals surface area (Å²) < 4.78 is 5.76. The lowest BCUT2D eigenvalue weighted by Crippen LogP contribution is -2.32. The zero-order valence-electron chi connectivity index (χ0n) is 8.75. The van der Waals surface area contributed by atoms with Gasteiger partial charge in [-0.3, -0.25) is 4.79 Å². The van der Waals surface area contributed by atoms with Crippen LogP contribution in [0.2, 0.25) is 5.02 Å². The zero-order valence-corrected chi connectivity index (χ0v) is 11.8. The Hall–Kier alpha value is -0.510. The van der Waals surface area contributed by atoms with Crippen molar-refractivity contribution in [3.05, 3.63) is 39.3 Å². The molecule has 1 aromatic rings. The van der Waals surface area contributed by atoms with Crippen molar-refractivity contribution in [2.75, 3.05) is 0 Å². The minimum atomic E-state index is -0.155. The maximum Gasteiger partial charge on any atom is 0.309 e. The Labute approximate surface area is 118 Å². The summed E-state index contributed by atoms with van der Waals surface area (Å²) in [6, 6.07) is 7.25. The molecule has 1 aliphatic heterocycles. The number of esters is 1. The molecule has 2 nitrogen and oxygen atoms in total. The molecule has 0 unspecified atom stereocenters. The van der Waals surface area contributed by atoms with Gasteiger partial charge >= 0.3 is 5.97 Å². The highest BCUT2D eigenvalue weighted by Gasteiger charge is 2.29. The summed E-state index contributed by atoms with van der Waals surface area (Å²) in [5, 5.41) is 1.28. The molecule has 0 amide bonds. The second-order valence-corrected chi connectivity index (χ2v) is 5.52. The third-order valence-corrected chi connectivity index (χ3v) is 4.08. The van der Waals surface area contributed by atoms with Crippen LogP contribution in [-0.4, -0.2) is 12.1 Å². The van der Waals surface area contributed by atoms with Crippen LogP contribution in [0.15, 0.2) is 28.7 Å². The Balaban J connectivity index is 2.08. The van der Waals surface area contributed by atoms with Gasteiger partial charge in [0.15, 0.2) is 0 Å². The van der Waals surface area contributed by atoms with Crippen LogP contribution in [0.1, 0.15) is 18.4 Å². The molecule has 1 heterocycles. The monoisotopic (exact) mass is 334 g/mol. The number of rotatable bonds is 3. The van der Waals surface area contributed by atoms with E-state index in [9.17, 15) is 4.79 Å². The topological polar surface area (TPSA) is 26.3 Å². The number of hydrogen-bond donors (Lipinski definition) is 0. The van der Waals surface area contributed by atoms with E-state index in [4.69, 9.17) is 27.9 Å². The SMILES string of the molecule is O=C1C[C@H](C/C(Br)=C(/Cl)c2ccc(Cl)cc2)O1. The Bertz CT molecular complexity index is 460. The van der Waals surface area contributed by atoms with Gasteiger partial charge in [0, 0.05) is 15.9 Å². The van der Waals surface area contributed by atoms with E-state index in [2.05, 4.69) is 15.9 Å². The fourth-order valence-electron chi connectivity index (χ4n) is 1.52. The van der Waals surface area contributed by atoms with Gasteiger partial charge in [-0.15, -0.1) is 0 Å². The summed E-state index contributed by atoms with van der Waals surface area (Å²) >= 11 is 15.4. The van der Waals surface area contributed by atoms with Gasteiger partial charge in [-0.2, -0.15) is 0 Å². The minimum absolute atomic E-state index is 0.0575. The highest BCUT2D eigenvalue weighted by molar-refractivity contribution is 9.11. The lowest BCUT2D eigenvalue weighted by Gasteiger charge is -2.25. The van der Waals surface area contributed by atoms with E-state index in [0.717, 1.165) is 10.0 Å². The first-order valence-electron chi connectivity index (χ1n) is 5.06. The van der Waals surface area contributed by atoms with Crippen molar-refractivity contribution in [2.45, 2.75) is 18.9 Å². The molecular weight excluding hydrogens is 327 g/mol. The molecule has 0 bridgehead atoms. The quantitative estimate of drug-likeness (QED) is 0.768. The van der Waals surface area contributed by atoms with Gasteiger partial charge < -0.3 is 4.74 Å². The van der Waals surface area contributed by atoms with Crippen molar-refractivity contribution < 1.29 is 9.53 Å². The number of hydrogen-bond acceptors (Lipinski definition) is 2. The minimum Gasteiger partial charge on any atom is -0.461 e. The van der Waals surface area contributed by atoms with Crippen LogP contribution in [-0.2, 0) is 9.53 Å². The van der Waals surface area contributed by atoms with Crippen molar-refractivity contribution in [2.24, 2.45) is 0 Å². The first-order valence-corrected chi connectivity index (χ1v) is 6.60. The van der Waals surface area contributed by atoms with Gasteiger partial charge in [-0.05, 0) is 17.7 Å². The van der Waals surface area contributed by atoms with E-state index in [1.807, 2.05) is 12.1 Å². The molecule has 1 aromatic carbocycles. The van der Waals surface area contributed by atoms with Crippen molar-refractivity contribution >= 4 is 50.1 Å². The predicted octanol–water partition coefficient (Wildman–Crippen LogP) is 4.35. The first-order chi connectivity index (χ1) is 8.06. The largest absolute Gasteiger partial charge is 0.461 e. The number of carbonyl (C=O) groups is 1. The second kappa shape index (κ2) is 5.42. The predicted molar refractivity (Wildman–Crippen MR) is 72.3 cm³/mol. The average molecular weight is 336 g/mol. The lowest BCUT2D eigenvalue weighted by molar-refractivity contribution is -0.168. The van der Waals surface area contributed by atoms with E-state index in [0.29, 0.717) is 22.9 Å². The summed E-state index contributed by atoms with van der Waals surface area (Å²) in [6.07, 6.45) is 1.01. The van der Waals surface area contributed by atoms with E-state index < -0.39 is 0 Å². The molecule has 0 spiro atoms. The summed E-state index contributed by atoms with van der Waals surface area (Å²) in [5.74, 6) is -0.155. The summed E-state index contributed by atoms with van der Waals surface area (Å²) in [7, 11) is 0. The number of benzene rings is 1. The number of carbonyl (C=O) groups excluding carboxylic acids is 1. The summed E-state index contributed by atoms with van der Waals surface area (Å²) in [4.78, 5) is 10.7. The molecule has 17 heavy (non-hydrogen) atoms. The van der Waals surface area contributed by atoms with Gasteiger partial charge in [0.05, 0.1) is 11.5 Å². The van der Waals surface area contributed by atoms with Crippen LogP contribution in [0.25, 0.3) is 5.03 Å². The molecule has 0 aliphatic carbocycles. The number of ether oxygens (including phenoxy) is 1. The molecule has 5 heteroatoms. The Morgan fingerprint density at radius 2 is 2.00 bits per heavy atom. The Kier molecular flexibility index (Phi) is 4.13. The smallest absolute Gasteiger partial charge is 0.309 e. The Morgan fingerprint density at radius 1 is 1.41 bits per heavy atom. The van der Waals surface area contributed by atoms with Crippen LogP contribution < -0.4 is 0 Å². The molecule has 1 saturated heterocycles. The molecule has 0 aromatic heterocycles. The molecule has 0 N–H and O–H groups in total. The number of halogens is 3. The lowest BCUT2D eigenvalue weighted by atomic mass is 10.1. The van der Waals surface area contributed by atoms with Crippen LogP contribution in [0.3, 0.4) is 0 Å². The van der Waals surface area contributed by atoms with Crippen LogP contribution >= 0.6 is 39.1 Å². The Morgan fingerprint density at radius 3 is 2.53 bits per heavy atom. The van der Waals surface area contributed by atoms with Crippen molar-refractivity contribution in [3.63, 3.8) is 0 Å². The average Bonchev–Trinajstić information content (AvgIpc) is 2.27. The van der Waals surface area contributed by atoms with Crippen molar-refractivity contribution in [3.8, 4) is 0 Å². The highest BCUT2D eigenvalue weighted by atomic mass is 79.9. The van der Waals surface area contributed by atoms with Crippen molar-refractivity contribution in [1.29, 1.82) is 0 Å². The number of cyclic esters (lactones) is 1. The van der Waals surface area contributed by atoms with Gasteiger partial charge in [0.25, 0.3) is 0 Å². The molecule has 0 saturated carbocycles. The van der Waals surface area contributed by atoms with Gasteiger partial charge in [-0.25, -0.2) is 0 Å². The third kappa shape index (κ3) is 3.24. The van der Waals surface area contributed by atoms with Crippen LogP contribution in [0.5, 0.6) is 0 Å². The molecule has 1 aliphatic rings. The summed E-state index contributed by atoms with van der Waals surface area (Å²) in [5.41, 5.74) is 0.883. The van der Waals surface area contributed by atoms with Gasteiger partial charge in [-0.1, -0.05) is 51.3 Å². The van der Waals surface area contributed by atoms with Gasteiger partial charge in [0.2, 0.25) is 0 Å². The van der Waals surface area contributed by atoms with E-state index in [-0.39, 0.29) is 12.1 Å². The summed E-state index contributed by atoms with van der Waals surface area (Å²) in [6.45, 7) is 0. The first kappa shape index (κ1) is 12.9. The van der Waals surface area contributed by atoms with E-state index >= 15 is 0 Å².